The lowest BCUT2D eigenvalue weighted by atomic mass is 10.1. The van der Waals surface area contributed by atoms with Crippen LogP contribution in [0.15, 0.2) is 35.5 Å². The van der Waals surface area contributed by atoms with Crippen molar-refractivity contribution in [3.63, 3.8) is 0 Å². The normalized spacial score (nSPS) is 9.75. The number of halogens is 1. The summed E-state index contributed by atoms with van der Waals surface area (Å²) in [4.78, 5) is 17.5. The molecule has 0 unspecified atom stereocenters. The molecule has 0 saturated heterocycles. The van der Waals surface area contributed by atoms with E-state index in [9.17, 15) is 9.18 Å². The fourth-order valence-corrected chi connectivity index (χ4v) is 1.36. The zero-order valence-electron chi connectivity index (χ0n) is 8.07. The third-order valence-corrected chi connectivity index (χ3v) is 2.13. The van der Waals surface area contributed by atoms with Gasteiger partial charge in [0.2, 0.25) is 0 Å². The maximum absolute atomic E-state index is 13.7. The van der Waals surface area contributed by atoms with Gasteiger partial charge in [-0.3, -0.25) is 4.79 Å². The lowest BCUT2D eigenvalue weighted by Crippen LogP contribution is -2.09. The Labute approximate surface area is 90.0 Å². The smallest absolute Gasteiger partial charge is 0.258 e. The molecule has 1 N–H and O–H groups in total. The fraction of sp³-hybridized carbons (Fsp3) is 0. The van der Waals surface area contributed by atoms with Gasteiger partial charge < -0.3 is 4.98 Å². The van der Waals surface area contributed by atoms with E-state index in [1.54, 1.807) is 6.07 Å². The highest BCUT2D eigenvalue weighted by molar-refractivity contribution is 5.64. The van der Waals surface area contributed by atoms with Gasteiger partial charge in [0.25, 0.3) is 5.56 Å². The largest absolute Gasteiger partial charge is 0.313 e. The molecule has 0 aliphatic rings. The highest BCUT2D eigenvalue weighted by Gasteiger charge is 2.12. The molecule has 2 rings (SSSR count). The first kappa shape index (κ1) is 10.1. The number of nitriles is 1. The van der Waals surface area contributed by atoms with Crippen LogP contribution in [0, 0.1) is 17.1 Å². The second kappa shape index (κ2) is 3.95. The number of aromatic amines is 1. The molecule has 0 spiro atoms. The lowest BCUT2D eigenvalue weighted by Gasteiger charge is -2.02. The van der Waals surface area contributed by atoms with E-state index >= 15 is 0 Å². The molecule has 1 aromatic carbocycles. The Morgan fingerprint density at radius 3 is 2.88 bits per heavy atom. The number of aromatic nitrogens is 2. The first-order valence-electron chi connectivity index (χ1n) is 4.45. The van der Waals surface area contributed by atoms with Gasteiger partial charge in [-0.2, -0.15) is 5.26 Å². The second-order valence-corrected chi connectivity index (χ2v) is 3.07. The number of rotatable bonds is 1. The monoisotopic (exact) mass is 215 g/mol. The number of nitrogens with one attached hydrogen (secondary N) is 1. The number of hydrogen-bond donors (Lipinski definition) is 1. The number of nitrogens with zero attached hydrogens (tertiary/aromatic N) is 2. The van der Waals surface area contributed by atoms with Gasteiger partial charge in [0.05, 0.1) is 17.5 Å². The van der Waals surface area contributed by atoms with Crippen molar-refractivity contribution in [2.75, 3.05) is 0 Å². The van der Waals surface area contributed by atoms with Crippen LogP contribution in [0.25, 0.3) is 11.1 Å². The molecule has 0 aliphatic carbocycles. The first-order chi connectivity index (χ1) is 7.74. The zero-order valence-corrected chi connectivity index (χ0v) is 8.07. The maximum Gasteiger partial charge on any atom is 0.258 e. The van der Waals surface area contributed by atoms with Crippen LogP contribution in [-0.4, -0.2) is 9.97 Å². The van der Waals surface area contributed by atoms with E-state index in [1.807, 2.05) is 0 Å². The molecule has 1 heterocycles. The Kier molecular flexibility index (Phi) is 2.48. The van der Waals surface area contributed by atoms with Crippen LogP contribution < -0.4 is 5.56 Å². The summed E-state index contributed by atoms with van der Waals surface area (Å²) < 4.78 is 13.7. The van der Waals surface area contributed by atoms with E-state index in [4.69, 9.17) is 5.26 Å². The van der Waals surface area contributed by atoms with Crippen LogP contribution in [0.4, 0.5) is 4.39 Å². The van der Waals surface area contributed by atoms with Crippen molar-refractivity contribution in [3.05, 3.63) is 52.5 Å². The van der Waals surface area contributed by atoms with Crippen LogP contribution in [0.1, 0.15) is 5.56 Å². The molecule has 4 nitrogen and oxygen atoms in total. The maximum atomic E-state index is 13.7. The molecule has 0 radical (unpaired) electrons. The van der Waals surface area contributed by atoms with E-state index in [2.05, 4.69) is 9.97 Å². The Bertz CT molecular complexity index is 628. The van der Waals surface area contributed by atoms with E-state index in [1.165, 1.54) is 30.7 Å². The molecule has 2 aromatic rings. The van der Waals surface area contributed by atoms with Crippen LogP contribution in [0.3, 0.4) is 0 Å². The minimum absolute atomic E-state index is 0.0772. The van der Waals surface area contributed by atoms with Crippen molar-refractivity contribution in [2.45, 2.75) is 0 Å². The summed E-state index contributed by atoms with van der Waals surface area (Å²) in [6.45, 7) is 0. The van der Waals surface area contributed by atoms with E-state index in [0.717, 1.165) is 0 Å². The molecular formula is C11H6FN3O. The Morgan fingerprint density at radius 2 is 2.19 bits per heavy atom. The van der Waals surface area contributed by atoms with Gasteiger partial charge >= 0.3 is 0 Å². The topological polar surface area (TPSA) is 69.5 Å². The van der Waals surface area contributed by atoms with Gasteiger partial charge in [-0.25, -0.2) is 9.37 Å². The van der Waals surface area contributed by atoms with Gasteiger partial charge in [0.15, 0.2) is 0 Å². The summed E-state index contributed by atoms with van der Waals surface area (Å²) in [7, 11) is 0. The predicted octanol–water partition coefficient (Wildman–Crippen LogP) is 1.45. The summed E-state index contributed by atoms with van der Waals surface area (Å²) in [6.07, 6.45) is 2.48. The van der Waals surface area contributed by atoms with Gasteiger partial charge in [0.1, 0.15) is 11.9 Å². The van der Waals surface area contributed by atoms with Crippen molar-refractivity contribution in [3.8, 4) is 17.2 Å². The molecule has 78 valence electrons. The van der Waals surface area contributed by atoms with Gasteiger partial charge in [-0.15, -0.1) is 0 Å². The minimum atomic E-state index is -0.705. The van der Waals surface area contributed by atoms with Gasteiger partial charge in [0, 0.05) is 11.8 Å². The third kappa shape index (κ3) is 1.57. The average molecular weight is 215 g/mol. The van der Waals surface area contributed by atoms with Gasteiger partial charge in [-0.1, -0.05) is 12.1 Å². The fourth-order valence-electron chi connectivity index (χ4n) is 1.36. The average Bonchev–Trinajstić information content (AvgIpc) is 2.31. The molecule has 0 atom stereocenters. The summed E-state index contributed by atoms with van der Waals surface area (Å²) in [6, 6.07) is 6.02. The molecule has 0 aliphatic heterocycles. The summed E-state index contributed by atoms with van der Waals surface area (Å²) in [5.41, 5.74) is -0.352. The zero-order chi connectivity index (χ0) is 11.5. The lowest BCUT2D eigenvalue weighted by molar-refractivity contribution is 0.627. The molecule has 16 heavy (non-hydrogen) atoms. The third-order valence-electron chi connectivity index (χ3n) is 2.13. The quantitative estimate of drug-likeness (QED) is 0.782. The van der Waals surface area contributed by atoms with Crippen molar-refractivity contribution in [1.29, 1.82) is 5.26 Å². The summed E-state index contributed by atoms with van der Waals surface area (Å²) in [5.74, 6) is -0.705. The van der Waals surface area contributed by atoms with Crippen LogP contribution in [0.5, 0.6) is 0 Å². The number of benzene rings is 1. The van der Waals surface area contributed by atoms with E-state index < -0.39 is 11.4 Å². The van der Waals surface area contributed by atoms with Crippen molar-refractivity contribution >= 4 is 0 Å². The van der Waals surface area contributed by atoms with Gasteiger partial charge in [-0.05, 0) is 6.07 Å². The number of H-pyrrole nitrogens is 1. The predicted molar refractivity (Wildman–Crippen MR) is 55.0 cm³/mol. The highest BCUT2D eigenvalue weighted by Crippen LogP contribution is 2.20. The van der Waals surface area contributed by atoms with Crippen LogP contribution >= 0.6 is 0 Å². The molecule has 0 bridgehead atoms. The van der Waals surface area contributed by atoms with E-state index in [-0.39, 0.29) is 16.7 Å². The highest BCUT2D eigenvalue weighted by atomic mass is 19.1. The Morgan fingerprint density at radius 1 is 1.38 bits per heavy atom. The molecule has 0 fully saturated rings. The summed E-state index contributed by atoms with van der Waals surface area (Å²) >= 11 is 0. The van der Waals surface area contributed by atoms with Crippen LogP contribution in [-0.2, 0) is 0 Å². The van der Waals surface area contributed by atoms with Crippen molar-refractivity contribution in [2.24, 2.45) is 0 Å². The standard InChI is InChI=1S/C11H6FN3O/c12-10-7(4-13)2-1-3-8(10)9-5-14-6-15-11(9)16/h1-3,5-6H,(H,14,15,16). The molecule has 1 aromatic heterocycles. The number of hydrogen-bond acceptors (Lipinski definition) is 3. The molecule has 0 saturated carbocycles. The van der Waals surface area contributed by atoms with Crippen molar-refractivity contribution in [1.82, 2.24) is 9.97 Å². The second-order valence-electron chi connectivity index (χ2n) is 3.07. The minimum Gasteiger partial charge on any atom is -0.313 e. The Hall–Kier alpha value is -2.48. The molecule has 0 amide bonds. The Balaban J connectivity index is 2.72. The first-order valence-corrected chi connectivity index (χ1v) is 4.45. The van der Waals surface area contributed by atoms with E-state index in [0.29, 0.717) is 0 Å². The SMILES string of the molecule is N#Cc1cccc(-c2cnc[nH]c2=O)c1F. The summed E-state index contributed by atoms with van der Waals surface area (Å²) in [5, 5.41) is 8.67. The molecular weight excluding hydrogens is 209 g/mol. The van der Waals surface area contributed by atoms with Crippen LogP contribution in [0.2, 0.25) is 0 Å². The van der Waals surface area contributed by atoms with Crippen molar-refractivity contribution < 1.29 is 4.39 Å². The molecule has 5 heteroatoms.